The van der Waals surface area contributed by atoms with Crippen molar-refractivity contribution in [3.05, 3.63) is 57.9 Å². The Morgan fingerprint density at radius 3 is 2.28 bits per heavy atom. The maximum Gasteiger partial charge on any atom is 0.414 e. The predicted octanol–water partition coefficient (Wildman–Crippen LogP) is 2.78. The van der Waals surface area contributed by atoms with Crippen LogP contribution < -0.4 is 25.1 Å². The first-order valence-corrected chi connectivity index (χ1v) is 10.2. The molecule has 0 aliphatic heterocycles. The van der Waals surface area contributed by atoms with E-state index in [1.807, 2.05) is 38.4 Å². The van der Waals surface area contributed by atoms with Gasteiger partial charge in [-0.3, -0.25) is 4.79 Å². The molecule has 0 saturated carbocycles. The molecule has 0 unspecified atom stereocenters. The summed E-state index contributed by atoms with van der Waals surface area (Å²) in [6.45, 7) is 3.15. The van der Waals surface area contributed by atoms with E-state index >= 15 is 0 Å². The Hall–Kier alpha value is -3.59. The Balaban J connectivity index is 1.89. The van der Waals surface area contributed by atoms with E-state index in [4.69, 9.17) is 14.2 Å². The molecule has 170 valence electrons. The summed E-state index contributed by atoms with van der Waals surface area (Å²) in [4.78, 5) is 27.4. The van der Waals surface area contributed by atoms with Crippen molar-refractivity contribution in [3.63, 3.8) is 0 Å². The Bertz CT molecular complexity index is 1170. The second-order valence-corrected chi connectivity index (χ2v) is 7.43. The summed E-state index contributed by atoms with van der Waals surface area (Å²) in [6, 6.07) is 11.0. The molecule has 9 nitrogen and oxygen atoms in total. The SMILES string of the molecule is CCn1nc(OC(=O)NCc2ccccc2CN(C)C)c2cc(OC)c(OC)cc2c1=O. The summed E-state index contributed by atoms with van der Waals surface area (Å²) in [5, 5.41) is 7.67. The number of aromatic nitrogens is 2. The summed E-state index contributed by atoms with van der Waals surface area (Å²) in [7, 11) is 6.95. The molecule has 1 heterocycles. The Morgan fingerprint density at radius 1 is 1.06 bits per heavy atom. The summed E-state index contributed by atoms with van der Waals surface area (Å²) < 4.78 is 17.4. The third-order valence-electron chi connectivity index (χ3n) is 4.95. The van der Waals surface area contributed by atoms with Crippen LogP contribution in [0.25, 0.3) is 10.8 Å². The van der Waals surface area contributed by atoms with Crippen LogP contribution in [0.5, 0.6) is 17.4 Å². The van der Waals surface area contributed by atoms with E-state index < -0.39 is 6.09 Å². The summed E-state index contributed by atoms with van der Waals surface area (Å²) in [5.41, 5.74) is 1.78. The highest BCUT2D eigenvalue weighted by Crippen LogP contribution is 2.34. The van der Waals surface area contributed by atoms with Crippen LogP contribution >= 0.6 is 0 Å². The fraction of sp³-hybridized carbons (Fsp3) is 0.348. The number of hydrogen-bond acceptors (Lipinski definition) is 7. The molecule has 0 spiro atoms. The smallest absolute Gasteiger partial charge is 0.414 e. The minimum atomic E-state index is -0.672. The van der Waals surface area contributed by atoms with E-state index in [-0.39, 0.29) is 11.4 Å². The lowest BCUT2D eigenvalue weighted by molar-refractivity contribution is 0.197. The number of nitrogens with zero attached hydrogens (tertiary/aromatic N) is 3. The van der Waals surface area contributed by atoms with Crippen LogP contribution in [0.15, 0.2) is 41.2 Å². The van der Waals surface area contributed by atoms with Crippen molar-refractivity contribution in [1.29, 1.82) is 0 Å². The zero-order chi connectivity index (χ0) is 23.3. The quantitative estimate of drug-likeness (QED) is 0.575. The molecule has 0 aliphatic rings. The van der Waals surface area contributed by atoms with Gasteiger partial charge in [0.25, 0.3) is 5.56 Å². The second kappa shape index (κ2) is 10.1. The number of aryl methyl sites for hydroxylation is 1. The van der Waals surface area contributed by atoms with Crippen molar-refractivity contribution in [3.8, 4) is 17.4 Å². The van der Waals surface area contributed by atoms with Crippen LogP contribution in [0.1, 0.15) is 18.1 Å². The first kappa shape index (κ1) is 23.1. The lowest BCUT2D eigenvalue weighted by Gasteiger charge is -2.15. The average molecular weight is 441 g/mol. The van der Waals surface area contributed by atoms with Crippen molar-refractivity contribution in [2.24, 2.45) is 0 Å². The lowest BCUT2D eigenvalue weighted by Crippen LogP contribution is -2.29. The van der Waals surface area contributed by atoms with E-state index in [2.05, 4.69) is 15.3 Å². The second-order valence-electron chi connectivity index (χ2n) is 7.43. The van der Waals surface area contributed by atoms with Crippen molar-refractivity contribution in [2.45, 2.75) is 26.6 Å². The van der Waals surface area contributed by atoms with Gasteiger partial charge < -0.3 is 24.4 Å². The van der Waals surface area contributed by atoms with Crippen molar-refractivity contribution in [2.75, 3.05) is 28.3 Å². The fourth-order valence-electron chi connectivity index (χ4n) is 3.39. The molecule has 32 heavy (non-hydrogen) atoms. The highest BCUT2D eigenvalue weighted by molar-refractivity contribution is 5.90. The van der Waals surface area contributed by atoms with Crippen LogP contribution in [0, 0.1) is 0 Å². The standard InChI is InChI=1S/C23H28N4O5/c1-6-27-22(28)18-12-20(31-5)19(30-4)11-17(18)21(25-27)32-23(29)24-13-15-9-7-8-10-16(15)14-26(2)3/h7-12H,6,13-14H2,1-5H3,(H,24,29). The topological polar surface area (TPSA) is 94.9 Å². The molecule has 1 aromatic heterocycles. The van der Waals surface area contributed by atoms with E-state index in [9.17, 15) is 9.59 Å². The van der Waals surface area contributed by atoms with E-state index in [1.54, 1.807) is 19.1 Å². The molecule has 0 saturated heterocycles. The number of methoxy groups -OCH3 is 2. The zero-order valence-corrected chi connectivity index (χ0v) is 19.0. The number of rotatable bonds is 8. The summed E-state index contributed by atoms with van der Waals surface area (Å²) >= 11 is 0. The van der Waals surface area contributed by atoms with Crippen LogP contribution in [-0.2, 0) is 19.6 Å². The highest BCUT2D eigenvalue weighted by atomic mass is 16.6. The largest absolute Gasteiger partial charge is 0.493 e. The van der Waals surface area contributed by atoms with Gasteiger partial charge in [-0.2, -0.15) is 0 Å². The molecule has 3 aromatic rings. The molecule has 0 atom stereocenters. The third kappa shape index (κ3) is 5.00. The molecule has 0 bridgehead atoms. The molecule has 0 fully saturated rings. The molecule has 0 radical (unpaired) electrons. The van der Waals surface area contributed by atoms with Gasteiger partial charge in [-0.1, -0.05) is 24.3 Å². The van der Waals surface area contributed by atoms with E-state index in [1.165, 1.54) is 18.9 Å². The number of hydrogen-bond donors (Lipinski definition) is 1. The fourth-order valence-corrected chi connectivity index (χ4v) is 3.39. The molecule has 2 aromatic carbocycles. The van der Waals surface area contributed by atoms with Crippen molar-refractivity contribution >= 4 is 16.9 Å². The molecule has 3 rings (SSSR count). The number of nitrogens with one attached hydrogen (secondary N) is 1. The lowest BCUT2D eigenvalue weighted by atomic mass is 10.1. The monoisotopic (exact) mass is 440 g/mol. The van der Waals surface area contributed by atoms with E-state index in [0.717, 1.165) is 17.7 Å². The van der Waals surface area contributed by atoms with E-state index in [0.29, 0.717) is 35.4 Å². The first-order chi connectivity index (χ1) is 15.4. The average Bonchev–Trinajstić information content (AvgIpc) is 2.79. The minimum absolute atomic E-state index is 0.0153. The minimum Gasteiger partial charge on any atom is -0.493 e. The normalized spacial score (nSPS) is 10.9. The maximum atomic E-state index is 12.7. The maximum absolute atomic E-state index is 12.7. The third-order valence-corrected chi connectivity index (χ3v) is 4.95. The van der Waals surface area contributed by atoms with Crippen LogP contribution in [0.2, 0.25) is 0 Å². The van der Waals surface area contributed by atoms with Gasteiger partial charge in [0, 0.05) is 19.6 Å². The molecular formula is C23H28N4O5. The molecule has 0 aliphatic carbocycles. The van der Waals surface area contributed by atoms with Gasteiger partial charge in [-0.15, -0.1) is 5.10 Å². The number of fused-ring (bicyclic) bond motifs is 1. The van der Waals surface area contributed by atoms with Gasteiger partial charge in [0.05, 0.1) is 25.0 Å². The van der Waals surface area contributed by atoms with Crippen LogP contribution in [0.4, 0.5) is 4.79 Å². The highest BCUT2D eigenvalue weighted by Gasteiger charge is 2.18. The number of amides is 1. The zero-order valence-electron chi connectivity index (χ0n) is 19.0. The van der Waals surface area contributed by atoms with Gasteiger partial charge in [-0.05, 0) is 44.3 Å². The molecule has 9 heteroatoms. The Kier molecular flexibility index (Phi) is 7.32. The molecule has 1 N–H and O–H groups in total. The van der Waals surface area contributed by atoms with Crippen LogP contribution in [-0.4, -0.2) is 49.1 Å². The van der Waals surface area contributed by atoms with Gasteiger partial charge in [0.1, 0.15) is 0 Å². The Labute approximate surface area is 186 Å². The number of carbonyl (C=O) groups excluding carboxylic acids is 1. The van der Waals surface area contributed by atoms with Crippen molar-refractivity contribution < 1.29 is 19.0 Å². The number of benzene rings is 2. The number of carbonyl (C=O) groups is 1. The number of ether oxygens (including phenoxy) is 3. The van der Waals surface area contributed by atoms with Crippen LogP contribution in [0.3, 0.4) is 0 Å². The van der Waals surface area contributed by atoms with Crippen molar-refractivity contribution in [1.82, 2.24) is 20.0 Å². The first-order valence-electron chi connectivity index (χ1n) is 10.2. The predicted molar refractivity (Wildman–Crippen MR) is 121 cm³/mol. The summed E-state index contributed by atoms with van der Waals surface area (Å²) in [5.74, 6) is 0.818. The van der Waals surface area contributed by atoms with Gasteiger partial charge in [0.2, 0.25) is 5.88 Å². The Morgan fingerprint density at radius 2 is 1.69 bits per heavy atom. The molecular weight excluding hydrogens is 412 g/mol. The van der Waals surface area contributed by atoms with Gasteiger partial charge in [-0.25, -0.2) is 9.48 Å². The van der Waals surface area contributed by atoms with Gasteiger partial charge >= 0.3 is 6.09 Å². The summed E-state index contributed by atoms with van der Waals surface area (Å²) in [6.07, 6.45) is -0.672. The van der Waals surface area contributed by atoms with Gasteiger partial charge in [0.15, 0.2) is 11.5 Å². The molecule has 1 amide bonds.